The van der Waals surface area contributed by atoms with Crippen molar-refractivity contribution in [2.75, 3.05) is 32.7 Å². The molecule has 24 heavy (non-hydrogen) atoms. The fraction of sp³-hybridized carbons (Fsp3) is 0.400. The number of piperazine rings is 1. The molecule has 0 N–H and O–H groups in total. The summed E-state index contributed by atoms with van der Waals surface area (Å²) in [5.74, 6) is -0.316. The summed E-state index contributed by atoms with van der Waals surface area (Å²) in [5, 5.41) is 8.22. The molecular weight excluding hydrogens is 323 g/mol. The average Bonchev–Trinajstić information content (AvgIpc) is 3.04. The van der Waals surface area contributed by atoms with Gasteiger partial charge in [-0.3, -0.25) is 9.69 Å². The maximum atomic E-state index is 12.4. The van der Waals surface area contributed by atoms with Crippen molar-refractivity contribution in [2.24, 2.45) is 0 Å². The van der Waals surface area contributed by atoms with Crippen LogP contribution in [0.1, 0.15) is 10.5 Å². The predicted molar refractivity (Wildman–Crippen MR) is 79.8 cm³/mol. The van der Waals surface area contributed by atoms with Crippen LogP contribution >= 0.6 is 0 Å². The third kappa shape index (κ3) is 3.91. The summed E-state index contributed by atoms with van der Waals surface area (Å²) in [7, 11) is 0. The molecule has 6 nitrogen and oxygen atoms in total. The van der Waals surface area contributed by atoms with Crippen LogP contribution in [0.4, 0.5) is 13.2 Å². The van der Waals surface area contributed by atoms with Gasteiger partial charge in [-0.15, -0.1) is 5.10 Å². The normalized spacial score (nSPS) is 16.4. The van der Waals surface area contributed by atoms with E-state index in [2.05, 4.69) is 10.2 Å². The molecule has 1 aliphatic heterocycles. The molecule has 1 amide bonds. The van der Waals surface area contributed by atoms with Crippen molar-refractivity contribution in [3.63, 3.8) is 0 Å². The maximum absolute atomic E-state index is 12.4. The molecule has 2 aromatic rings. The van der Waals surface area contributed by atoms with E-state index in [4.69, 9.17) is 0 Å². The number of carbonyl (C=O) groups is 1. The molecular formula is C15H16F3N5O. The van der Waals surface area contributed by atoms with E-state index in [0.717, 1.165) is 5.69 Å². The Balaban J connectivity index is 1.61. The Bertz CT molecular complexity index is 693. The summed E-state index contributed by atoms with van der Waals surface area (Å²) < 4.78 is 37.1. The van der Waals surface area contributed by atoms with Crippen molar-refractivity contribution < 1.29 is 18.0 Å². The smallest absolute Gasteiger partial charge is 0.335 e. The van der Waals surface area contributed by atoms with Crippen molar-refractivity contribution in [3.8, 4) is 5.69 Å². The van der Waals surface area contributed by atoms with E-state index in [0.29, 0.717) is 0 Å². The van der Waals surface area contributed by atoms with Gasteiger partial charge in [0.15, 0.2) is 5.69 Å². The molecule has 0 spiro atoms. The van der Waals surface area contributed by atoms with Crippen LogP contribution in [-0.4, -0.2) is 69.6 Å². The van der Waals surface area contributed by atoms with E-state index in [1.807, 2.05) is 30.3 Å². The standard InChI is InChI=1S/C15H16F3N5O/c16-15(17,18)11-21-6-8-22(9-7-21)14(24)13-10-19-23(20-13)12-4-2-1-3-5-12/h1-5,10H,6-9,11H2. The number of alkyl halides is 3. The highest BCUT2D eigenvalue weighted by atomic mass is 19.4. The third-order valence-corrected chi connectivity index (χ3v) is 3.76. The Kier molecular flexibility index (Phi) is 4.52. The summed E-state index contributed by atoms with van der Waals surface area (Å²) in [6.45, 7) is -0.0738. The second-order valence-electron chi connectivity index (χ2n) is 5.54. The number of aromatic nitrogens is 3. The highest BCUT2D eigenvalue weighted by Gasteiger charge is 2.33. The first-order valence-corrected chi connectivity index (χ1v) is 7.48. The van der Waals surface area contributed by atoms with Gasteiger partial charge in [0.1, 0.15) is 0 Å². The van der Waals surface area contributed by atoms with Crippen molar-refractivity contribution >= 4 is 5.91 Å². The van der Waals surface area contributed by atoms with E-state index in [1.165, 1.54) is 20.8 Å². The number of hydrogen-bond acceptors (Lipinski definition) is 4. The Morgan fingerprint density at radius 3 is 2.38 bits per heavy atom. The predicted octanol–water partition coefficient (Wildman–Crippen LogP) is 1.59. The molecule has 0 saturated carbocycles. The van der Waals surface area contributed by atoms with E-state index >= 15 is 0 Å². The Morgan fingerprint density at radius 1 is 1.08 bits per heavy atom. The lowest BCUT2D eigenvalue weighted by molar-refractivity contribution is -0.148. The second kappa shape index (κ2) is 6.60. The lowest BCUT2D eigenvalue weighted by atomic mass is 10.3. The van der Waals surface area contributed by atoms with Crippen molar-refractivity contribution in [1.82, 2.24) is 24.8 Å². The molecule has 1 aromatic carbocycles. The molecule has 0 unspecified atom stereocenters. The summed E-state index contributed by atoms with van der Waals surface area (Å²) in [6, 6.07) is 9.15. The molecule has 0 radical (unpaired) electrons. The minimum absolute atomic E-state index is 0.183. The van der Waals surface area contributed by atoms with Crippen LogP contribution < -0.4 is 0 Å². The number of halogens is 3. The van der Waals surface area contributed by atoms with Crippen LogP contribution in [0.15, 0.2) is 36.5 Å². The first kappa shape index (κ1) is 16.4. The first-order chi connectivity index (χ1) is 11.4. The van der Waals surface area contributed by atoms with E-state index in [-0.39, 0.29) is 37.8 Å². The van der Waals surface area contributed by atoms with E-state index in [1.54, 1.807) is 0 Å². The van der Waals surface area contributed by atoms with Crippen LogP contribution in [0, 0.1) is 0 Å². The number of para-hydroxylation sites is 1. The number of carbonyl (C=O) groups excluding carboxylic acids is 1. The fourth-order valence-electron chi connectivity index (χ4n) is 2.57. The number of nitrogens with zero attached hydrogens (tertiary/aromatic N) is 5. The molecule has 9 heteroatoms. The van der Waals surface area contributed by atoms with Crippen molar-refractivity contribution in [1.29, 1.82) is 0 Å². The van der Waals surface area contributed by atoms with Gasteiger partial charge in [-0.05, 0) is 12.1 Å². The van der Waals surface area contributed by atoms with E-state index in [9.17, 15) is 18.0 Å². The third-order valence-electron chi connectivity index (χ3n) is 3.76. The molecule has 0 atom stereocenters. The first-order valence-electron chi connectivity index (χ1n) is 7.48. The highest BCUT2D eigenvalue weighted by molar-refractivity contribution is 5.92. The van der Waals surface area contributed by atoms with Gasteiger partial charge in [0.2, 0.25) is 0 Å². The lowest BCUT2D eigenvalue weighted by Gasteiger charge is -2.34. The fourth-order valence-corrected chi connectivity index (χ4v) is 2.57. The zero-order valence-electron chi connectivity index (χ0n) is 12.8. The zero-order chi connectivity index (χ0) is 17.2. The average molecular weight is 339 g/mol. The summed E-state index contributed by atoms with van der Waals surface area (Å²) in [6.07, 6.45) is -2.85. The zero-order valence-corrected chi connectivity index (χ0v) is 12.8. The number of hydrogen-bond donors (Lipinski definition) is 0. The van der Waals surface area contributed by atoms with Crippen LogP contribution in [0.5, 0.6) is 0 Å². The van der Waals surface area contributed by atoms with Crippen LogP contribution in [0.3, 0.4) is 0 Å². The lowest BCUT2D eigenvalue weighted by Crippen LogP contribution is -2.51. The SMILES string of the molecule is O=C(c1cnn(-c2ccccc2)n1)N1CCN(CC(F)(F)F)CC1. The topological polar surface area (TPSA) is 54.3 Å². The van der Waals surface area contributed by atoms with Crippen molar-refractivity contribution in [2.45, 2.75) is 6.18 Å². The molecule has 2 heterocycles. The van der Waals surface area contributed by atoms with Gasteiger partial charge in [0.25, 0.3) is 5.91 Å². The second-order valence-corrected chi connectivity index (χ2v) is 5.54. The van der Waals surface area contributed by atoms with Gasteiger partial charge in [-0.1, -0.05) is 18.2 Å². The number of amides is 1. The number of benzene rings is 1. The quantitative estimate of drug-likeness (QED) is 0.852. The largest absolute Gasteiger partial charge is 0.401 e. The van der Waals surface area contributed by atoms with Gasteiger partial charge in [0.05, 0.1) is 18.4 Å². The van der Waals surface area contributed by atoms with Crippen LogP contribution in [0.25, 0.3) is 5.69 Å². The molecule has 1 aliphatic rings. The molecule has 0 aliphatic carbocycles. The molecule has 128 valence electrons. The van der Waals surface area contributed by atoms with Gasteiger partial charge < -0.3 is 4.90 Å². The highest BCUT2D eigenvalue weighted by Crippen LogP contribution is 2.18. The molecule has 1 saturated heterocycles. The van der Waals surface area contributed by atoms with Crippen LogP contribution in [0.2, 0.25) is 0 Å². The molecule has 1 aromatic heterocycles. The summed E-state index contributed by atoms with van der Waals surface area (Å²) in [5.41, 5.74) is 0.912. The molecule has 1 fully saturated rings. The van der Waals surface area contributed by atoms with Crippen molar-refractivity contribution in [3.05, 3.63) is 42.2 Å². The Labute approximate surface area is 136 Å². The Morgan fingerprint density at radius 2 is 1.75 bits per heavy atom. The molecule has 3 rings (SSSR count). The monoisotopic (exact) mass is 339 g/mol. The molecule has 0 bridgehead atoms. The van der Waals surface area contributed by atoms with Gasteiger partial charge >= 0.3 is 6.18 Å². The Hall–Kier alpha value is -2.42. The maximum Gasteiger partial charge on any atom is 0.401 e. The van der Waals surface area contributed by atoms with Gasteiger partial charge in [-0.2, -0.15) is 23.1 Å². The number of rotatable bonds is 3. The van der Waals surface area contributed by atoms with Gasteiger partial charge in [-0.25, -0.2) is 0 Å². The minimum atomic E-state index is -4.22. The van der Waals surface area contributed by atoms with Crippen LogP contribution in [-0.2, 0) is 0 Å². The summed E-state index contributed by atoms with van der Waals surface area (Å²) >= 11 is 0. The van der Waals surface area contributed by atoms with E-state index < -0.39 is 12.7 Å². The summed E-state index contributed by atoms with van der Waals surface area (Å²) in [4.78, 5) is 16.6. The van der Waals surface area contributed by atoms with Gasteiger partial charge in [0, 0.05) is 26.2 Å². The minimum Gasteiger partial charge on any atom is -0.335 e.